The molecule has 23 heavy (non-hydrogen) atoms. The second-order valence-corrected chi connectivity index (χ2v) is 6.77. The van der Waals surface area contributed by atoms with Gasteiger partial charge in [-0.1, -0.05) is 13.0 Å². The normalized spacial score (nSPS) is 22.3. The molecule has 1 aromatic rings. The number of hydrogen-bond acceptors (Lipinski definition) is 4. The maximum absolute atomic E-state index is 10.3. The van der Waals surface area contributed by atoms with E-state index in [4.69, 9.17) is 9.47 Å². The van der Waals surface area contributed by atoms with E-state index in [1.807, 2.05) is 26.0 Å². The highest BCUT2D eigenvalue weighted by molar-refractivity contribution is 5.43. The van der Waals surface area contributed by atoms with Crippen molar-refractivity contribution in [1.29, 1.82) is 0 Å². The first kappa shape index (κ1) is 18.1. The molecule has 2 atom stereocenters. The molecule has 0 amide bonds. The van der Waals surface area contributed by atoms with Gasteiger partial charge in [0.25, 0.3) is 0 Å². The minimum absolute atomic E-state index is 0.123. The highest BCUT2D eigenvalue weighted by atomic mass is 16.5. The summed E-state index contributed by atoms with van der Waals surface area (Å²) in [5, 5.41) is 10.3. The minimum Gasteiger partial charge on any atom is -0.493 e. The summed E-state index contributed by atoms with van der Waals surface area (Å²) < 4.78 is 11.2. The number of aliphatic hydroxyl groups is 1. The Kier molecular flexibility index (Phi) is 6.72. The number of piperidine rings is 1. The molecule has 1 heterocycles. The van der Waals surface area contributed by atoms with Gasteiger partial charge in [-0.25, -0.2) is 0 Å². The summed E-state index contributed by atoms with van der Waals surface area (Å²) in [6, 6.07) is 6.11. The number of ether oxygens (including phenoxy) is 2. The van der Waals surface area contributed by atoms with Gasteiger partial charge in [0, 0.05) is 19.0 Å². The average molecular weight is 321 g/mol. The maximum Gasteiger partial charge on any atom is 0.161 e. The number of methoxy groups -OCH3 is 1. The van der Waals surface area contributed by atoms with Gasteiger partial charge in [0.2, 0.25) is 0 Å². The van der Waals surface area contributed by atoms with E-state index in [-0.39, 0.29) is 18.1 Å². The lowest BCUT2D eigenvalue weighted by atomic mass is 9.88. The molecule has 2 rings (SSSR count). The van der Waals surface area contributed by atoms with Gasteiger partial charge in [0.1, 0.15) is 0 Å². The fourth-order valence-electron chi connectivity index (χ4n) is 3.31. The Morgan fingerprint density at radius 1 is 1.30 bits per heavy atom. The van der Waals surface area contributed by atoms with Gasteiger partial charge in [-0.15, -0.1) is 0 Å². The molecular weight excluding hydrogens is 290 g/mol. The fourth-order valence-corrected chi connectivity index (χ4v) is 3.31. The van der Waals surface area contributed by atoms with Crippen LogP contribution in [0.3, 0.4) is 0 Å². The van der Waals surface area contributed by atoms with Crippen LogP contribution in [0.1, 0.15) is 39.2 Å². The van der Waals surface area contributed by atoms with Gasteiger partial charge in [-0.3, -0.25) is 0 Å². The highest BCUT2D eigenvalue weighted by Gasteiger charge is 2.27. The summed E-state index contributed by atoms with van der Waals surface area (Å²) in [6.07, 6.45) is 2.83. The van der Waals surface area contributed by atoms with Crippen molar-refractivity contribution in [1.82, 2.24) is 4.90 Å². The third kappa shape index (κ3) is 5.11. The van der Waals surface area contributed by atoms with Gasteiger partial charge >= 0.3 is 0 Å². The van der Waals surface area contributed by atoms with E-state index in [0.29, 0.717) is 0 Å². The Morgan fingerprint density at radius 2 is 2.09 bits per heavy atom. The number of rotatable bonds is 7. The number of nitrogens with zero attached hydrogens (tertiary/aromatic N) is 1. The van der Waals surface area contributed by atoms with Crippen molar-refractivity contribution in [2.24, 2.45) is 5.92 Å². The van der Waals surface area contributed by atoms with Crippen LogP contribution in [-0.2, 0) is 6.42 Å². The molecule has 1 aromatic carbocycles. The van der Waals surface area contributed by atoms with Crippen LogP contribution in [0, 0.1) is 5.92 Å². The molecule has 0 aromatic heterocycles. The summed E-state index contributed by atoms with van der Waals surface area (Å²) >= 11 is 0. The summed E-state index contributed by atoms with van der Waals surface area (Å²) in [4.78, 5) is 2.46. The van der Waals surface area contributed by atoms with E-state index in [2.05, 4.69) is 17.9 Å². The molecule has 4 nitrogen and oxygen atoms in total. The van der Waals surface area contributed by atoms with E-state index in [9.17, 15) is 5.11 Å². The van der Waals surface area contributed by atoms with Crippen LogP contribution in [0.2, 0.25) is 0 Å². The molecule has 0 spiro atoms. The second-order valence-electron chi connectivity index (χ2n) is 6.77. The van der Waals surface area contributed by atoms with Gasteiger partial charge < -0.3 is 19.5 Å². The molecule has 2 unspecified atom stereocenters. The number of likely N-dealkylation sites (tertiary alicyclic amines) is 1. The lowest BCUT2D eigenvalue weighted by molar-refractivity contribution is 0.0270. The Balaban J connectivity index is 2.06. The molecule has 1 N–H and O–H groups in total. The number of hydrogen-bond donors (Lipinski definition) is 1. The molecule has 130 valence electrons. The van der Waals surface area contributed by atoms with Crippen LogP contribution in [-0.4, -0.2) is 49.0 Å². The molecule has 1 fully saturated rings. The zero-order chi connectivity index (χ0) is 16.8. The summed E-state index contributed by atoms with van der Waals surface area (Å²) in [5.74, 6) is 1.84. The van der Waals surface area contributed by atoms with E-state index < -0.39 is 0 Å². The maximum atomic E-state index is 10.3. The molecule has 4 heteroatoms. The zero-order valence-corrected chi connectivity index (χ0v) is 14.9. The predicted molar refractivity (Wildman–Crippen MR) is 93.3 cm³/mol. The van der Waals surface area contributed by atoms with Crippen LogP contribution in [0.5, 0.6) is 11.5 Å². The van der Waals surface area contributed by atoms with Crippen LogP contribution in [0.4, 0.5) is 0 Å². The Hall–Kier alpha value is -1.26. The van der Waals surface area contributed by atoms with Gasteiger partial charge in [-0.2, -0.15) is 0 Å². The Labute approximate surface area is 140 Å². The van der Waals surface area contributed by atoms with Gasteiger partial charge in [-0.05, 0) is 57.4 Å². The van der Waals surface area contributed by atoms with E-state index in [0.717, 1.165) is 50.4 Å². The molecule has 1 aliphatic rings. The van der Waals surface area contributed by atoms with Crippen LogP contribution < -0.4 is 9.47 Å². The lowest BCUT2D eigenvalue weighted by Crippen LogP contribution is -2.44. The predicted octanol–water partition coefficient (Wildman–Crippen LogP) is 3.12. The molecular formula is C19H31NO3. The fraction of sp³-hybridized carbons (Fsp3) is 0.684. The number of benzene rings is 1. The van der Waals surface area contributed by atoms with Crippen molar-refractivity contribution in [3.05, 3.63) is 23.8 Å². The molecule has 0 radical (unpaired) electrons. The van der Waals surface area contributed by atoms with Crippen LogP contribution in [0.15, 0.2) is 18.2 Å². The van der Waals surface area contributed by atoms with Crippen LogP contribution in [0.25, 0.3) is 0 Å². The molecule has 0 bridgehead atoms. The molecule has 0 aliphatic carbocycles. The smallest absolute Gasteiger partial charge is 0.161 e. The Bertz CT molecular complexity index is 490. The molecule has 0 saturated carbocycles. The molecule has 1 aliphatic heterocycles. The zero-order valence-electron chi connectivity index (χ0n) is 14.9. The summed E-state index contributed by atoms with van der Waals surface area (Å²) in [7, 11) is 1.67. The van der Waals surface area contributed by atoms with E-state index in [1.165, 1.54) is 5.56 Å². The second kappa shape index (κ2) is 8.55. The third-order valence-electron chi connectivity index (χ3n) is 4.41. The lowest BCUT2D eigenvalue weighted by Gasteiger charge is -2.36. The third-order valence-corrected chi connectivity index (χ3v) is 4.41. The standard InChI is InChI=1S/C19H31NO3/c1-5-9-20-10-8-17(21)16(13-20)11-15-6-7-18(23-14(2)3)19(12-15)22-4/h6-7,12,14,16-17,21H,5,8-11,13H2,1-4H3. The van der Waals surface area contributed by atoms with Crippen molar-refractivity contribution in [2.75, 3.05) is 26.7 Å². The Morgan fingerprint density at radius 3 is 2.74 bits per heavy atom. The van der Waals surface area contributed by atoms with Crippen molar-refractivity contribution in [3.63, 3.8) is 0 Å². The largest absolute Gasteiger partial charge is 0.493 e. The summed E-state index contributed by atoms with van der Waals surface area (Å²) in [6.45, 7) is 9.33. The van der Waals surface area contributed by atoms with Gasteiger partial charge in [0.15, 0.2) is 11.5 Å². The van der Waals surface area contributed by atoms with E-state index in [1.54, 1.807) is 7.11 Å². The van der Waals surface area contributed by atoms with Gasteiger partial charge in [0.05, 0.1) is 19.3 Å². The monoisotopic (exact) mass is 321 g/mol. The summed E-state index contributed by atoms with van der Waals surface area (Å²) in [5.41, 5.74) is 1.19. The van der Waals surface area contributed by atoms with Crippen LogP contribution >= 0.6 is 0 Å². The van der Waals surface area contributed by atoms with Crippen molar-refractivity contribution in [2.45, 2.75) is 52.2 Å². The quantitative estimate of drug-likeness (QED) is 0.838. The first-order valence-electron chi connectivity index (χ1n) is 8.77. The minimum atomic E-state index is -0.208. The SMILES string of the molecule is CCCN1CCC(O)C(Cc2ccc(OC(C)C)c(OC)c2)C1. The average Bonchev–Trinajstić information content (AvgIpc) is 2.52. The first-order valence-corrected chi connectivity index (χ1v) is 8.77. The van der Waals surface area contributed by atoms with Crippen molar-refractivity contribution < 1.29 is 14.6 Å². The van der Waals surface area contributed by atoms with Crippen molar-refractivity contribution in [3.8, 4) is 11.5 Å². The number of aliphatic hydroxyl groups excluding tert-OH is 1. The first-order chi connectivity index (χ1) is 11.0. The molecule has 1 saturated heterocycles. The van der Waals surface area contributed by atoms with Crippen molar-refractivity contribution >= 4 is 0 Å². The topological polar surface area (TPSA) is 41.9 Å². The van der Waals surface area contributed by atoms with E-state index >= 15 is 0 Å². The highest BCUT2D eigenvalue weighted by Crippen LogP contribution is 2.31.